The smallest absolute Gasteiger partial charge is 0.259 e. The molecule has 50 heavy (non-hydrogen) atoms. The lowest BCUT2D eigenvalue weighted by Crippen LogP contribution is -2.23. The van der Waals surface area contributed by atoms with Gasteiger partial charge >= 0.3 is 0 Å². The van der Waals surface area contributed by atoms with Gasteiger partial charge in [-0.1, -0.05) is 17.7 Å². The molecule has 2 aliphatic rings. The molecule has 13 heteroatoms. The SMILES string of the molecule is Cc1cc(C)n2ccc(C(=O)Nc3ccc4c(c3)C(Oc3cc(C)n5ccc(C(=O)Nc6cnc(C7=NCC=CN7)c(Cl)c6)c5n3)CC4)c2n1. The first-order chi connectivity index (χ1) is 24.2. The first-order valence-electron chi connectivity index (χ1n) is 16.2. The lowest BCUT2D eigenvalue weighted by Gasteiger charge is -2.16. The van der Waals surface area contributed by atoms with Crippen LogP contribution < -0.4 is 20.7 Å². The molecule has 1 unspecified atom stereocenters. The Morgan fingerprint density at radius 3 is 2.34 bits per heavy atom. The van der Waals surface area contributed by atoms with Crippen LogP contribution in [0, 0.1) is 20.8 Å². The third-order valence-electron chi connectivity index (χ3n) is 8.92. The fourth-order valence-corrected chi connectivity index (χ4v) is 6.78. The minimum atomic E-state index is -0.360. The number of aryl methyl sites for hydroxylation is 4. The van der Waals surface area contributed by atoms with Crippen LogP contribution in [-0.4, -0.2) is 47.9 Å². The second-order valence-corrected chi connectivity index (χ2v) is 12.8. The summed E-state index contributed by atoms with van der Waals surface area (Å²) in [6.45, 7) is 6.38. The summed E-state index contributed by atoms with van der Waals surface area (Å²) in [5.74, 6) is 0.377. The Bertz CT molecular complexity index is 2430. The van der Waals surface area contributed by atoms with E-state index in [1.54, 1.807) is 36.8 Å². The van der Waals surface area contributed by atoms with Crippen molar-refractivity contribution in [1.29, 1.82) is 0 Å². The zero-order valence-electron chi connectivity index (χ0n) is 27.5. The average molecular weight is 686 g/mol. The Kier molecular flexibility index (Phi) is 7.79. The number of amidine groups is 1. The number of amides is 2. The minimum Gasteiger partial charge on any atom is -0.469 e. The van der Waals surface area contributed by atoms with Crippen LogP contribution in [0.1, 0.15) is 67.1 Å². The summed E-state index contributed by atoms with van der Waals surface area (Å²) in [4.78, 5) is 45.0. The molecule has 12 nitrogen and oxygen atoms in total. The highest BCUT2D eigenvalue weighted by atomic mass is 35.5. The highest BCUT2D eigenvalue weighted by molar-refractivity contribution is 6.34. The average Bonchev–Trinajstić information content (AvgIpc) is 3.83. The van der Waals surface area contributed by atoms with Gasteiger partial charge in [0.25, 0.3) is 11.8 Å². The highest BCUT2D eigenvalue weighted by Gasteiger charge is 2.27. The molecule has 6 heterocycles. The van der Waals surface area contributed by atoms with E-state index in [4.69, 9.17) is 21.3 Å². The maximum absolute atomic E-state index is 13.5. The van der Waals surface area contributed by atoms with E-state index in [1.165, 1.54) is 0 Å². The van der Waals surface area contributed by atoms with Crippen LogP contribution in [0.3, 0.4) is 0 Å². The number of anilines is 2. The van der Waals surface area contributed by atoms with Crippen molar-refractivity contribution in [3.05, 3.63) is 129 Å². The molecule has 1 aliphatic carbocycles. The lowest BCUT2D eigenvalue weighted by atomic mass is 10.1. The number of nitrogens with zero attached hydrogens (tertiary/aromatic N) is 6. The molecule has 250 valence electrons. The van der Waals surface area contributed by atoms with Gasteiger partial charge in [-0.05, 0) is 87.2 Å². The first kappa shape index (κ1) is 31.3. The van der Waals surface area contributed by atoms with Gasteiger partial charge in [0.15, 0.2) is 11.5 Å². The Labute approximate surface area is 291 Å². The van der Waals surface area contributed by atoms with Crippen LogP contribution >= 0.6 is 11.6 Å². The molecule has 0 spiro atoms. The van der Waals surface area contributed by atoms with Crippen molar-refractivity contribution in [3.8, 4) is 5.88 Å². The van der Waals surface area contributed by atoms with Crippen LogP contribution in [0.5, 0.6) is 5.88 Å². The molecule has 0 saturated carbocycles. The summed E-state index contributed by atoms with van der Waals surface area (Å²) in [5, 5.41) is 9.33. The molecule has 6 aromatic rings. The molecule has 1 aliphatic heterocycles. The third-order valence-corrected chi connectivity index (χ3v) is 9.21. The second-order valence-electron chi connectivity index (χ2n) is 12.4. The van der Waals surface area contributed by atoms with E-state index in [2.05, 4.69) is 30.9 Å². The normalized spacial score (nSPS) is 15.1. The molecular weight excluding hydrogens is 654 g/mol. The maximum Gasteiger partial charge on any atom is 0.259 e. The molecule has 1 aromatic carbocycles. The van der Waals surface area contributed by atoms with Crippen molar-refractivity contribution in [3.63, 3.8) is 0 Å². The first-order valence-corrected chi connectivity index (χ1v) is 16.6. The minimum absolute atomic E-state index is 0.232. The number of carbonyl (C=O) groups excluding carboxylic acids is 2. The fraction of sp³-hybridized carbons (Fsp3) is 0.189. The number of halogens is 1. The van der Waals surface area contributed by atoms with E-state index >= 15 is 0 Å². The quantitative estimate of drug-likeness (QED) is 0.177. The summed E-state index contributed by atoms with van der Waals surface area (Å²) in [7, 11) is 0. The van der Waals surface area contributed by atoms with Gasteiger partial charge < -0.3 is 29.5 Å². The van der Waals surface area contributed by atoms with Crippen molar-refractivity contribution in [1.82, 2.24) is 29.1 Å². The molecule has 0 bridgehead atoms. The monoisotopic (exact) mass is 685 g/mol. The predicted molar refractivity (Wildman–Crippen MR) is 192 cm³/mol. The summed E-state index contributed by atoms with van der Waals surface area (Å²) >= 11 is 6.50. The van der Waals surface area contributed by atoms with Gasteiger partial charge in [-0.15, -0.1) is 0 Å². The Hall–Kier alpha value is -6.01. The number of hydrogen-bond acceptors (Lipinski definition) is 8. The number of nitrogens with one attached hydrogen (secondary N) is 3. The van der Waals surface area contributed by atoms with Crippen LogP contribution in [0.4, 0.5) is 11.4 Å². The highest BCUT2D eigenvalue weighted by Crippen LogP contribution is 2.37. The van der Waals surface area contributed by atoms with Crippen molar-refractivity contribution in [2.75, 3.05) is 17.2 Å². The molecule has 0 radical (unpaired) electrons. The largest absolute Gasteiger partial charge is 0.469 e. The molecular formula is C37H32ClN9O3. The van der Waals surface area contributed by atoms with E-state index in [0.29, 0.717) is 62.8 Å². The van der Waals surface area contributed by atoms with Crippen LogP contribution in [0.25, 0.3) is 11.3 Å². The number of aliphatic imine (C=N–C) groups is 1. The summed E-state index contributed by atoms with van der Waals surface area (Å²) < 4.78 is 10.2. The zero-order chi connectivity index (χ0) is 34.5. The van der Waals surface area contributed by atoms with Crippen molar-refractivity contribution < 1.29 is 14.3 Å². The second kappa shape index (κ2) is 12.5. The Balaban J connectivity index is 1.01. The number of ether oxygens (including phenoxy) is 1. The summed E-state index contributed by atoms with van der Waals surface area (Å²) in [5.41, 5.74) is 8.41. The molecule has 5 aromatic heterocycles. The summed E-state index contributed by atoms with van der Waals surface area (Å²) in [6.07, 6.45) is 10.2. The number of carbonyl (C=O) groups is 2. The van der Waals surface area contributed by atoms with Crippen molar-refractivity contribution in [2.45, 2.75) is 39.7 Å². The van der Waals surface area contributed by atoms with E-state index in [1.807, 2.05) is 72.2 Å². The number of rotatable bonds is 7. The van der Waals surface area contributed by atoms with Gasteiger partial charge in [0, 0.05) is 47.4 Å². The predicted octanol–water partition coefficient (Wildman–Crippen LogP) is 6.39. The third kappa shape index (κ3) is 5.73. The Morgan fingerprint density at radius 2 is 1.62 bits per heavy atom. The number of hydrogen-bond donors (Lipinski definition) is 3. The zero-order valence-corrected chi connectivity index (χ0v) is 28.2. The molecule has 0 fully saturated rings. The van der Waals surface area contributed by atoms with Gasteiger partial charge in [-0.25, -0.2) is 9.97 Å². The topological polar surface area (TPSA) is 139 Å². The number of benzene rings is 1. The van der Waals surface area contributed by atoms with Crippen LogP contribution in [0.15, 0.2) is 84.4 Å². The molecule has 3 N–H and O–H groups in total. The fourth-order valence-electron chi connectivity index (χ4n) is 6.53. The van der Waals surface area contributed by atoms with Gasteiger partial charge in [-0.2, -0.15) is 4.98 Å². The molecule has 0 saturated heterocycles. The van der Waals surface area contributed by atoms with Crippen LogP contribution in [0.2, 0.25) is 5.02 Å². The van der Waals surface area contributed by atoms with Gasteiger partial charge in [0.05, 0.1) is 34.6 Å². The number of aromatic nitrogens is 5. The van der Waals surface area contributed by atoms with E-state index in [9.17, 15) is 9.59 Å². The summed E-state index contributed by atoms with van der Waals surface area (Å²) in [6, 6.07) is 14.9. The van der Waals surface area contributed by atoms with E-state index in [-0.39, 0.29) is 17.9 Å². The van der Waals surface area contributed by atoms with Crippen molar-refractivity contribution >= 4 is 51.9 Å². The number of fused-ring (bicyclic) bond motifs is 3. The maximum atomic E-state index is 13.5. The van der Waals surface area contributed by atoms with E-state index < -0.39 is 0 Å². The Morgan fingerprint density at radius 1 is 0.900 bits per heavy atom. The van der Waals surface area contributed by atoms with Crippen LogP contribution in [-0.2, 0) is 6.42 Å². The lowest BCUT2D eigenvalue weighted by molar-refractivity contribution is 0.102. The molecule has 1 atom stereocenters. The van der Waals surface area contributed by atoms with Gasteiger partial charge in [-0.3, -0.25) is 14.6 Å². The number of pyridine rings is 1. The van der Waals surface area contributed by atoms with Gasteiger partial charge in [0.2, 0.25) is 5.88 Å². The van der Waals surface area contributed by atoms with Gasteiger partial charge in [0.1, 0.15) is 17.4 Å². The molecule has 8 rings (SSSR count). The molecule has 2 amide bonds. The van der Waals surface area contributed by atoms with E-state index in [0.717, 1.165) is 41.1 Å². The standard InChI is InChI=1S/C37H32ClN9O3/c1-20-15-21(2)46-13-9-26(34(46)42-20)36(48)43-24-7-5-23-6-8-30(28(23)17-24)50-31-16-22(3)47-14-10-27(35(47)45-31)37(49)44-25-18-29(38)32(41-19-25)33-39-11-4-12-40-33/h4-5,7,9-11,13-19,30H,6,8,12H2,1-3H3,(H,39,40)(H,43,48)(H,44,49). The van der Waals surface area contributed by atoms with Crippen molar-refractivity contribution in [2.24, 2.45) is 4.99 Å².